The number of ether oxygens (including phenoxy) is 1. The normalized spacial score (nSPS) is 28.4. The van der Waals surface area contributed by atoms with Crippen LogP contribution >= 0.6 is 24.0 Å². The van der Waals surface area contributed by atoms with Gasteiger partial charge in [0.05, 0.1) is 23.8 Å². The Morgan fingerprint density at radius 1 is 1.29 bits per heavy atom. The number of hydrogen-bond acceptors (Lipinski definition) is 2. The Morgan fingerprint density at radius 2 is 2.07 bits per heavy atom. The largest absolute Gasteiger partial charge is 0.416 e. The van der Waals surface area contributed by atoms with Crippen molar-refractivity contribution in [3.63, 3.8) is 0 Å². The number of aliphatic imine (C=N–C) groups is 1. The van der Waals surface area contributed by atoms with Gasteiger partial charge < -0.3 is 15.4 Å². The summed E-state index contributed by atoms with van der Waals surface area (Å²) < 4.78 is 45.1. The maximum Gasteiger partial charge on any atom is 0.416 e. The summed E-state index contributed by atoms with van der Waals surface area (Å²) >= 11 is 0. The lowest BCUT2D eigenvalue weighted by molar-refractivity contribution is -0.137. The van der Waals surface area contributed by atoms with Crippen molar-refractivity contribution in [3.05, 3.63) is 35.4 Å². The van der Waals surface area contributed by atoms with E-state index in [9.17, 15) is 13.2 Å². The zero-order valence-electron chi connectivity index (χ0n) is 15.9. The third-order valence-electron chi connectivity index (χ3n) is 6.36. The molecule has 0 aromatic heterocycles. The predicted molar refractivity (Wildman–Crippen MR) is 113 cm³/mol. The lowest BCUT2D eigenvalue weighted by Gasteiger charge is -2.43. The Bertz CT molecular complexity index is 721. The van der Waals surface area contributed by atoms with Crippen molar-refractivity contribution in [2.75, 3.05) is 13.6 Å². The van der Waals surface area contributed by atoms with Crippen LogP contribution in [0.5, 0.6) is 0 Å². The molecule has 2 saturated heterocycles. The van der Waals surface area contributed by atoms with Crippen LogP contribution in [-0.4, -0.2) is 37.8 Å². The van der Waals surface area contributed by atoms with E-state index in [0.717, 1.165) is 50.2 Å². The molecule has 156 valence electrons. The van der Waals surface area contributed by atoms with Crippen LogP contribution in [0.1, 0.15) is 49.7 Å². The van der Waals surface area contributed by atoms with Crippen molar-refractivity contribution >= 4 is 29.9 Å². The summed E-state index contributed by atoms with van der Waals surface area (Å²) in [5, 5.41) is 6.80. The van der Waals surface area contributed by atoms with Crippen molar-refractivity contribution < 1.29 is 17.9 Å². The summed E-state index contributed by atoms with van der Waals surface area (Å²) in [6.45, 7) is 0.579. The smallest absolute Gasteiger partial charge is 0.373 e. The molecule has 0 spiro atoms. The molecule has 3 atom stereocenters. The molecule has 2 N–H and O–H groups in total. The first-order valence-electron chi connectivity index (χ1n) is 9.70. The Labute approximate surface area is 180 Å². The van der Waals surface area contributed by atoms with Gasteiger partial charge >= 0.3 is 6.18 Å². The number of halogens is 4. The fraction of sp³-hybridized carbons (Fsp3) is 0.650. The van der Waals surface area contributed by atoms with E-state index in [4.69, 9.17) is 4.74 Å². The van der Waals surface area contributed by atoms with E-state index in [1.165, 1.54) is 12.1 Å². The molecule has 0 amide bonds. The van der Waals surface area contributed by atoms with Gasteiger partial charge in [0, 0.05) is 19.0 Å². The van der Waals surface area contributed by atoms with Crippen LogP contribution in [0.4, 0.5) is 13.2 Å². The van der Waals surface area contributed by atoms with Crippen molar-refractivity contribution in [1.82, 2.24) is 10.6 Å². The van der Waals surface area contributed by atoms with Gasteiger partial charge in [-0.1, -0.05) is 24.6 Å². The second-order valence-corrected chi connectivity index (χ2v) is 8.00. The van der Waals surface area contributed by atoms with Gasteiger partial charge in [-0.2, -0.15) is 13.2 Å². The van der Waals surface area contributed by atoms with Crippen LogP contribution in [0, 0.1) is 0 Å². The first kappa shape index (κ1) is 21.7. The minimum absolute atomic E-state index is 0. The summed E-state index contributed by atoms with van der Waals surface area (Å²) in [6.07, 6.45) is 2.29. The van der Waals surface area contributed by atoms with Crippen LogP contribution in [-0.2, 0) is 16.3 Å². The minimum Gasteiger partial charge on any atom is -0.373 e. The number of alkyl halides is 3. The molecule has 3 aliphatic rings. The quantitative estimate of drug-likeness (QED) is 0.363. The first-order chi connectivity index (χ1) is 12.9. The molecule has 1 aromatic carbocycles. The minimum atomic E-state index is -4.31. The van der Waals surface area contributed by atoms with E-state index in [-0.39, 0.29) is 41.5 Å². The van der Waals surface area contributed by atoms with Crippen LogP contribution in [0.3, 0.4) is 0 Å². The van der Waals surface area contributed by atoms with Crippen molar-refractivity contribution in [1.29, 1.82) is 0 Å². The summed E-state index contributed by atoms with van der Waals surface area (Å²) in [6, 6.07) is 6.04. The summed E-state index contributed by atoms with van der Waals surface area (Å²) in [7, 11) is 1.72. The summed E-state index contributed by atoms with van der Waals surface area (Å²) in [5.74, 6) is 0.703. The summed E-state index contributed by atoms with van der Waals surface area (Å²) in [4.78, 5) is 4.31. The van der Waals surface area contributed by atoms with Crippen LogP contribution < -0.4 is 10.6 Å². The van der Waals surface area contributed by atoms with Gasteiger partial charge in [-0.15, -0.1) is 24.0 Å². The Hall–Kier alpha value is -1.03. The van der Waals surface area contributed by atoms with E-state index in [1.54, 1.807) is 7.05 Å². The average Bonchev–Trinajstić information content (AvgIpc) is 3.22. The monoisotopic (exact) mass is 509 g/mol. The van der Waals surface area contributed by atoms with Crippen molar-refractivity contribution in [2.45, 2.75) is 68.4 Å². The SMILES string of the molecule is CN=C(NCC1(c2cccc(C(F)(F)F)c2)CCC1)NC1CC2CCC1O2.I. The second-order valence-electron chi connectivity index (χ2n) is 8.00. The topological polar surface area (TPSA) is 45.7 Å². The zero-order chi connectivity index (χ0) is 19.1. The number of hydrogen-bond donors (Lipinski definition) is 2. The second kappa shape index (κ2) is 8.38. The van der Waals surface area contributed by atoms with Gasteiger partial charge in [-0.25, -0.2) is 0 Å². The average molecular weight is 509 g/mol. The fourth-order valence-electron chi connectivity index (χ4n) is 4.61. The van der Waals surface area contributed by atoms with Gasteiger partial charge in [0.2, 0.25) is 0 Å². The third-order valence-corrected chi connectivity index (χ3v) is 6.36. The molecule has 1 aliphatic carbocycles. The number of nitrogens with one attached hydrogen (secondary N) is 2. The van der Waals surface area contributed by atoms with Crippen molar-refractivity contribution in [3.8, 4) is 0 Å². The maximum atomic E-state index is 13.1. The van der Waals surface area contributed by atoms with Gasteiger partial charge in [0.1, 0.15) is 0 Å². The molecule has 2 heterocycles. The lowest BCUT2D eigenvalue weighted by Crippen LogP contribution is -2.52. The first-order valence-corrected chi connectivity index (χ1v) is 9.70. The Kier molecular flexibility index (Phi) is 6.48. The molecule has 8 heteroatoms. The van der Waals surface area contributed by atoms with Gasteiger partial charge in [-0.05, 0) is 43.7 Å². The molecular weight excluding hydrogens is 482 g/mol. The molecule has 3 unspecified atom stereocenters. The molecule has 2 bridgehead atoms. The van der Waals surface area contributed by atoms with E-state index >= 15 is 0 Å². The Balaban J connectivity index is 0.00000225. The van der Waals surface area contributed by atoms with E-state index in [2.05, 4.69) is 15.6 Å². The van der Waals surface area contributed by atoms with Crippen LogP contribution in [0.2, 0.25) is 0 Å². The fourth-order valence-corrected chi connectivity index (χ4v) is 4.61. The highest BCUT2D eigenvalue weighted by atomic mass is 127. The highest BCUT2D eigenvalue weighted by molar-refractivity contribution is 14.0. The zero-order valence-corrected chi connectivity index (χ0v) is 18.2. The number of fused-ring (bicyclic) bond motifs is 2. The molecule has 28 heavy (non-hydrogen) atoms. The molecule has 0 radical (unpaired) electrons. The molecule has 2 aliphatic heterocycles. The predicted octanol–water partition coefficient (Wildman–Crippen LogP) is 4.23. The molecule has 3 fully saturated rings. The van der Waals surface area contributed by atoms with Gasteiger partial charge in [0.25, 0.3) is 0 Å². The van der Waals surface area contributed by atoms with Gasteiger partial charge in [-0.3, -0.25) is 4.99 Å². The van der Waals surface area contributed by atoms with Crippen LogP contribution in [0.15, 0.2) is 29.3 Å². The molecule has 4 nitrogen and oxygen atoms in total. The number of guanidine groups is 1. The number of nitrogens with zero attached hydrogens (tertiary/aromatic N) is 1. The van der Waals surface area contributed by atoms with E-state index in [1.807, 2.05) is 6.07 Å². The van der Waals surface area contributed by atoms with Gasteiger partial charge in [0.15, 0.2) is 5.96 Å². The summed E-state index contributed by atoms with van der Waals surface area (Å²) in [5.41, 5.74) is -0.0768. The molecule has 1 saturated carbocycles. The molecule has 1 aromatic rings. The number of benzene rings is 1. The van der Waals surface area contributed by atoms with E-state index < -0.39 is 11.7 Å². The Morgan fingerprint density at radius 3 is 2.61 bits per heavy atom. The lowest BCUT2D eigenvalue weighted by atomic mass is 9.64. The standard InChI is InChI=1S/C20H26F3N3O.HI/c1-24-18(26-16-11-15-6-7-17(16)27-15)25-12-19(8-3-9-19)13-4-2-5-14(10-13)20(21,22)23;/h2,4-5,10,15-17H,3,6-9,11-12H2,1H3,(H2,24,25,26);1H. The molecular formula is C20H27F3IN3O. The number of rotatable bonds is 4. The highest BCUT2D eigenvalue weighted by Gasteiger charge is 2.42. The van der Waals surface area contributed by atoms with Crippen LogP contribution in [0.25, 0.3) is 0 Å². The maximum absolute atomic E-state index is 13.1. The van der Waals surface area contributed by atoms with Crippen molar-refractivity contribution in [2.24, 2.45) is 4.99 Å². The van der Waals surface area contributed by atoms with E-state index in [0.29, 0.717) is 18.6 Å². The highest BCUT2D eigenvalue weighted by Crippen LogP contribution is 2.44. The molecule has 4 rings (SSSR count). The third kappa shape index (κ3) is 4.27.